The Bertz CT molecular complexity index is 669. The van der Waals surface area contributed by atoms with Crippen LogP contribution in [0.15, 0.2) is 53.7 Å². The highest BCUT2D eigenvalue weighted by Gasteiger charge is 2.05. The summed E-state index contributed by atoms with van der Waals surface area (Å²) >= 11 is 0. The molecule has 0 bridgehead atoms. The first-order valence-electron chi connectivity index (χ1n) is 9.31. The highest BCUT2D eigenvalue weighted by Crippen LogP contribution is 2.14. The number of ether oxygens (including phenoxy) is 1. The Morgan fingerprint density at radius 3 is 2.65 bits per heavy atom. The van der Waals surface area contributed by atoms with Gasteiger partial charge in [-0.25, -0.2) is 0 Å². The predicted octanol–water partition coefficient (Wildman–Crippen LogP) is 3.76. The summed E-state index contributed by atoms with van der Waals surface area (Å²) in [6.45, 7) is 6.56. The van der Waals surface area contributed by atoms with Crippen LogP contribution in [0.3, 0.4) is 0 Å². The largest absolute Gasteiger partial charge is 0.487 e. The summed E-state index contributed by atoms with van der Waals surface area (Å²) in [6, 6.07) is 13.9. The van der Waals surface area contributed by atoms with E-state index in [0.717, 1.165) is 29.5 Å². The Morgan fingerprint density at radius 2 is 1.96 bits per heavy atom. The SMILES string of the molecule is CCC(CC)CNC(=NC)NCc1cccc(OCc2ccccn2)c1. The van der Waals surface area contributed by atoms with Crippen LogP contribution in [0.1, 0.15) is 37.9 Å². The fourth-order valence-corrected chi connectivity index (χ4v) is 2.61. The Kier molecular flexibility index (Phi) is 8.46. The van der Waals surface area contributed by atoms with Gasteiger partial charge in [-0.1, -0.05) is 44.9 Å². The maximum Gasteiger partial charge on any atom is 0.191 e. The molecule has 5 nitrogen and oxygen atoms in total. The van der Waals surface area contributed by atoms with Crippen molar-refractivity contribution in [2.75, 3.05) is 13.6 Å². The average Bonchev–Trinajstić information content (AvgIpc) is 2.70. The van der Waals surface area contributed by atoms with E-state index in [4.69, 9.17) is 4.74 Å². The van der Waals surface area contributed by atoms with Crippen molar-refractivity contribution < 1.29 is 4.74 Å². The first-order chi connectivity index (χ1) is 12.7. The molecule has 0 amide bonds. The van der Waals surface area contributed by atoms with Gasteiger partial charge in [-0.05, 0) is 35.7 Å². The molecule has 0 aliphatic rings. The summed E-state index contributed by atoms with van der Waals surface area (Å²) in [4.78, 5) is 8.57. The first kappa shape index (κ1) is 19.8. The van der Waals surface area contributed by atoms with Crippen molar-refractivity contribution >= 4 is 5.96 Å². The van der Waals surface area contributed by atoms with Crippen molar-refractivity contribution in [1.29, 1.82) is 0 Å². The molecule has 0 spiro atoms. The number of nitrogens with zero attached hydrogens (tertiary/aromatic N) is 2. The van der Waals surface area contributed by atoms with E-state index < -0.39 is 0 Å². The Morgan fingerprint density at radius 1 is 1.12 bits per heavy atom. The molecule has 1 aromatic heterocycles. The van der Waals surface area contributed by atoms with Crippen LogP contribution in [-0.4, -0.2) is 24.5 Å². The van der Waals surface area contributed by atoms with Gasteiger partial charge in [0.2, 0.25) is 0 Å². The Labute approximate surface area is 156 Å². The van der Waals surface area contributed by atoms with Gasteiger partial charge in [0.1, 0.15) is 12.4 Å². The number of rotatable bonds is 9. The molecule has 0 aliphatic heterocycles. The Balaban J connectivity index is 1.83. The molecule has 2 N–H and O–H groups in total. The van der Waals surface area contributed by atoms with E-state index in [1.54, 1.807) is 13.2 Å². The molecule has 0 unspecified atom stereocenters. The molecule has 140 valence electrons. The van der Waals surface area contributed by atoms with Crippen molar-refractivity contribution in [3.63, 3.8) is 0 Å². The third kappa shape index (κ3) is 6.75. The lowest BCUT2D eigenvalue weighted by Gasteiger charge is -2.17. The van der Waals surface area contributed by atoms with E-state index in [0.29, 0.717) is 19.1 Å². The van der Waals surface area contributed by atoms with E-state index in [1.165, 1.54) is 12.8 Å². The third-order valence-corrected chi connectivity index (χ3v) is 4.41. The lowest BCUT2D eigenvalue weighted by molar-refractivity contribution is 0.301. The van der Waals surface area contributed by atoms with Crippen molar-refractivity contribution in [3.05, 3.63) is 59.9 Å². The topological polar surface area (TPSA) is 58.5 Å². The second kappa shape index (κ2) is 11.1. The van der Waals surface area contributed by atoms with E-state index in [9.17, 15) is 0 Å². The monoisotopic (exact) mass is 354 g/mol. The standard InChI is InChI=1S/C21H30N4O/c1-4-17(5-2)14-24-21(22-3)25-15-18-9-8-11-20(13-18)26-16-19-10-6-7-12-23-19/h6-13,17H,4-5,14-16H2,1-3H3,(H2,22,24,25). The molecule has 2 rings (SSSR count). The molecule has 1 heterocycles. The van der Waals surface area contributed by atoms with Gasteiger partial charge in [0.05, 0.1) is 5.69 Å². The second-order valence-electron chi connectivity index (χ2n) is 6.25. The van der Waals surface area contributed by atoms with Gasteiger partial charge < -0.3 is 15.4 Å². The van der Waals surface area contributed by atoms with Crippen molar-refractivity contribution in [2.45, 2.75) is 39.8 Å². The molecule has 0 atom stereocenters. The molecule has 0 saturated carbocycles. The number of hydrogen-bond acceptors (Lipinski definition) is 3. The summed E-state index contributed by atoms with van der Waals surface area (Å²) in [5.74, 6) is 2.35. The van der Waals surface area contributed by atoms with Crippen LogP contribution in [0.2, 0.25) is 0 Å². The zero-order valence-electron chi connectivity index (χ0n) is 16.0. The molecule has 5 heteroatoms. The summed E-state index contributed by atoms with van der Waals surface area (Å²) in [5, 5.41) is 6.76. The number of benzene rings is 1. The summed E-state index contributed by atoms with van der Waals surface area (Å²) < 4.78 is 5.84. The lowest BCUT2D eigenvalue weighted by Crippen LogP contribution is -2.39. The Hall–Kier alpha value is -2.56. The van der Waals surface area contributed by atoms with Gasteiger partial charge in [0.15, 0.2) is 5.96 Å². The third-order valence-electron chi connectivity index (χ3n) is 4.41. The van der Waals surface area contributed by atoms with Crippen LogP contribution in [-0.2, 0) is 13.2 Å². The zero-order valence-corrected chi connectivity index (χ0v) is 16.0. The van der Waals surface area contributed by atoms with Crippen LogP contribution >= 0.6 is 0 Å². The minimum absolute atomic E-state index is 0.469. The fourth-order valence-electron chi connectivity index (χ4n) is 2.61. The minimum atomic E-state index is 0.469. The maximum atomic E-state index is 5.84. The highest BCUT2D eigenvalue weighted by molar-refractivity contribution is 5.79. The molecule has 0 fully saturated rings. The van der Waals surface area contributed by atoms with E-state index in [-0.39, 0.29) is 0 Å². The van der Waals surface area contributed by atoms with Gasteiger partial charge in [-0.15, -0.1) is 0 Å². The van der Waals surface area contributed by atoms with E-state index in [1.807, 2.05) is 36.4 Å². The van der Waals surface area contributed by atoms with E-state index >= 15 is 0 Å². The number of pyridine rings is 1. The van der Waals surface area contributed by atoms with Crippen LogP contribution in [0.25, 0.3) is 0 Å². The quantitative estimate of drug-likeness (QED) is 0.532. The summed E-state index contributed by atoms with van der Waals surface area (Å²) in [6.07, 6.45) is 4.13. The van der Waals surface area contributed by atoms with Gasteiger partial charge in [-0.3, -0.25) is 9.98 Å². The van der Waals surface area contributed by atoms with Crippen LogP contribution < -0.4 is 15.4 Å². The summed E-state index contributed by atoms with van der Waals surface area (Å²) in [7, 11) is 1.80. The number of aromatic nitrogens is 1. The zero-order chi connectivity index (χ0) is 18.6. The number of hydrogen-bond donors (Lipinski definition) is 2. The molecule has 0 saturated heterocycles. The minimum Gasteiger partial charge on any atom is -0.487 e. The van der Waals surface area contributed by atoms with Crippen LogP contribution in [0.4, 0.5) is 0 Å². The van der Waals surface area contributed by atoms with Gasteiger partial charge in [0.25, 0.3) is 0 Å². The molecule has 1 aromatic carbocycles. The normalized spacial score (nSPS) is 11.5. The van der Waals surface area contributed by atoms with Gasteiger partial charge >= 0.3 is 0 Å². The van der Waals surface area contributed by atoms with Crippen LogP contribution in [0.5, 0.6) is 5.75 Å². The molecular weight excluding hydrogens is 324 g/mol. The molecule has 0 aliphatic carbocycles. The number of guanidine groups is 1. The average molecular weight is 354 g/mol. The smallest absolute Gasteiger partial charge is 0.191 e. The fraction of sp³-hybridized carbons (Fsp3) is 0.429. The van der Waals surface area contributed by atoms with Crippen molar-refractivity contribution in [2.24, 2.45) is 10.9 Å². The molecule has 0 radical (unpaired) electrons. The number of aliphatic imine (C=N–C) groups is 1. The molecular formula is C21H30N4O. The molecule has 26 heavy (non-hydrogen) atoms. The maximum absolute atomic E-state index is 5.84. The van der Waals surface area contributed by atoms with Gasteiger partial charge in [-0.2, -0.15) is 0 Å². The molecule has 2 aromatic rings. The first-order valence-corrected chi connectivity index (χ1v) is 9.31. The lowest BCUT2D eigenvalue weighted by atomic mass is 10.0. The van der Waals surface area contributed by atoms with Gasteiger partial charge in [0, 0.05) is 26.3 Å². The van der Waals surface area contributed by atoms with Crippen molar-refractivity contribution in [3.8, 4) is 5.75 Å². The summed E-state index contributed by atoms with van der Waals surface area (Å²) in [5.41, 5.74) is 2.07. The predicted molar refractivity (Wildman–Crippen MR) is 107 cm³/mol. The number of nitrogens with one attached hydrogen (secondary N) is 2. The van der Waals surface area contributed by atoms with E-state index in [2.05, 4.69) is 40.5 Å². The second-order valence-corrected chi connectivity index (χ2v) is 6.25. The highest BCUT2D eigenvalue weighted by atomic mass is 16.5. The van der Waals surface area contributed by atoms with Crippen molar-refractivity contribution in [1.82, 2.24) is 15.6 Å². The van der Waals surface area contributed by atoms with Crippen LogP contribution in [0, 0.1) is 5.92 Å².